The molecule has 2 aliphatic rings. The lowest BCUT2D eigenvalue weighted by atomic mass is 9.84. The SMILES string of the molecule is CN1CCCC2CN(c3nccc(C(=N)N)n3)CCC21. The van der Waals surface area contributed by atoms with Crippen molar-refractivity contribution in [3.05, 3.63) is 18.0 Å². The highest BCUT2D eigenvalue weighted by molar-refractivity contribution is 5.93. The summed E-state index contributed by atoms with van der Waals surface area (Å²) < 4.78 is 0. The fourth-order valence-electron chi connectivity index (χ4n) is 3.48. The monoisotopic (exact) mass is 274 g/mol. The summed E-state index contributed by atoms with van der Waals surface area (Å²) >= 11 is 0. The number of nitrogens with one attached hydrogen (secondary N) is 1. The summed E-state index contributed by atoms with van der Waals surface area (Å²) in [5, 5.41) is 7.48. The van der Waals surface area contributed by atoms with E-state index in [1.54, 1.807) is 12.3 Å². The predicted octanol–water partition coefficient (Wildman–Crippen LogP) is 0.681. The molecular formula is C14H22N6. The maximum Gasteiger partial charge on any atom is 0.225 e. The van der Waals surface area contributed by atoms with E-state index in [9.17, 15) is 0 Å². The molecule has 6 nitrogen and oxygen atoms in total. The maximum atomic E-state index is 7.48. The van der Waals surface area contributed by atoms with Crippen LogP contribution in [0.1, 0.15) is 25.0 Å². The number of anilines is 1. The van der Waals surface area contributed by atoms with Gasteiger partial charge in [0.2, 0.25) is 5.95 Å². The Bertz CT molecular complexity index is 502. The van der Waals surface area contributed by atoms with Crippen LogP contribution in [0.2, 0.25) is 0 Å². The third-order valence-corrected chi connectivity index (χ3v) is 4.55. The normalized spacial score (nSPS) is 27.1. The molecular weight excluding hydrogens is 252 g/mol. The number of piperidine rings is 2. The summed E-state index contributed by atoms with van der Waals surface area (Å²) in [4.78, 5) is 13.5. The van der Waals surface area contributed by atoms with Crippen molar-refractivity contribution in [1.82, 2.24) is 14.9 Å². The molecule has 3 rings (SSSR count). The number of hydrogen-bond donors (Lipinski definition) is 2. The smallest absolute Gasteiger partial charge is 0.225 e. The Morgan fingerprint density at radius 1 is 1.40 bits per heavy atom. The summed E-state index contributed by atoms with van der Waals surface area (Å²) in [6.07, 6.45) is 5.42. The molecule has 108 valence electrons. The molecule has 2 aliphatic heterocycles. The largest absolute Gasteiger partial charge is 0.382 e. The van der Waals surface area contributed by atoms with Gasteiger partial charge in [-0.15, -0.1) is 0 Å². The second-order valence-corrected chi connectivity index (χ2v) is 5.84. The standard InChI is InChI=1S/C14H22N6/c1-19-7-2-3-10-9-20(8-5-12(10)19)14-17-6-4-11(18-14)13(15)16/h4,6,10,12H,2-3,5,7-9H2,1H3,(H3,15,16). The van der Waals surface area contributed by atoms with Crippen LogP contribution in [0.5, 0.6) is 0 Å². The van der Waals surface area contributed by atoms with Crippen molar-refractivity contribution >= 4 is 11.8 Å². The van der Waals surface area contributed by atoms with Crippen molar-refractivity contribution in [2.45, 2.75) is 25.3 Å². The first-order valence-corrected chi connectivity index (χ1v) is 7.28. The van der Waals surface area contributed by atoms with E-state index in [1.165, 1.54) is 19.4 Å². The molecule has 3 heterocycles. The van der Waals surface area contributed by atoms with Crippen LogP contribution >= 0.6 is 0 Å². The average molecular weight is 274 g/mol. The zero-order chi connectivity index (χ0) is 14.1. The lowest BCUT2D eigenvalue weighted by Crippen LogP contribution is -2.53. The molecule has 20 heavy (non-hydrogen) atoms. The molecule has 2 unspecified atom stereocenters. The van der Waals surface area contributed by atoms with Gasteiger partial charge in [0.05, 0.1) is 0 Å². The van der Waals surface area contributed by atoms with Crippen molar-refractivity contribution in [1.29, 1.82) is 5.41 Å². The summed E-state index contributed by atoms with van der Waals surface area (Å²) in [6.45, 7) is 3.21. The minimum absolute atomic E-state index is 0.000866. The van der Waals surface area contributed by atoms with E-state index in [0.29, 0.717) is 23.6 Å². The minimum atomic E-state index is 0.000866. The van der Waals surface area contributed by atoms with Gasteiger partial charge in [-0.25, -0.2) is 9.97 Å². The molecule has 0 aromatic carbocycles. The van der Waals surface area contributed by atoms with E-state index >= 15 is 0 Å². The van der Waals surface area contributed by atoms with Crippen LogP contribution < -0.4 is 10.6 Å². The van der Waals surface area contributed by atoms with Crippen molar-refractivity contribution in [2.75, 3.05) is 31.6 Å². The third kappa shape index (κ3) is 2.47. The quantitative estimate of drug-likeness (QED) is 0.612. The highest BCUT2D eigenvalue weighted by atomic mass is 15.3. The Hall–Kier alpha value is -1.69. The molecule has 1 aromatic rings. The third-order valence-electron chi connectivity index (χ3n) is 4.55. The fraction of sp³-hybridized carbons (Fsp3) is 0.643. The Morgan fingerprint density at radius 3 is 3.05 bits per heavy atom. The fourth-order valence-corrected chi connectivity index (χ4v) is 3.48. The predicted molar refractivity (Wildman–Crippen MR) is 79.0 cm³/mol. The van der Waals surface area contributed by atoms with Crippen LogP contribution in [-0.4, -0.2) is 53.4 Å². The molecule has 0 amide bonds. The van der Waals surface area contributed by atoms with E-state index < -0.39 is 0 Å². The number of likely N-dealkylation sites (tertiary alicyclic amines) is 1. The van der Waals surface area contributed by atoms with Crippen LogP contribution in [0.15, 0.2) is 12.3 Å². The molecule has 2 atom stereocenters. The molecule has 1 aromatic heterocycles. The van der Waals surface area contributed by atoms with E-state index in [4.69, 9.17) is 11.1 Å². The Morgan fingerprint density at radius 2 is 2.25 bits per heavy atom. The first-order chi connectivity index (χ1) is 9.65. The second kappa shape index (κ2) is 5.36. The number of nitrogen functional groups attached to an aromatic ring is 1. The van der Waals surface area contributed by atoms with E-state index in [1.807, 2.05) is 0 Å². The first kappa shape index (κ1) is 13.3. The van der Waals surface area contributed by atoms with Crippen molar-refractivity contribution in [3.63, 3.8) is 0 Å². The summed E-state index contributed by atoms with van der Waals surface area (Å²) in [6, 6.07) is 2.39. The number of aromatic nitrogens is 2. The molecule has 6 heteroatoms. The maximum absolute atomic E-state index is 7.48. The van der Waals surface area contributed by atoms with Gasteiger partial charge in [0, 0.05) is 25.3 Å². The molecule has 0 aliphatic carbocycles. The topological polar surface area (TPSA) is 82.1 Å². The van der Waals surface area contributed by atoms with Crippen LogP contribution in [-0.2, 0) is 0 Å². The van der Waals surface area contributed by atoms with Gasteiger partial charge in [0.1, 0.15) is 11.5 Å². The molecule has 2 fully saturated rings. The minimum Gasteiger partial charge on any atom is -0.382 e. The highest BCUT2D eigenvalue weighted by Crippen LogP contribution is 2.30. The van der Waals surface area contributed by atoms with Gasteiger partial charge in [-0.2, -0.15) is 0 Å². The van der Waals surface area contributed by atoms with Gasteiger partial charge in [-0.05, 0) is 44.8 Å². The Labute approximate surface area is 119 Å². The Balaban J connectivity index is 1.76. The van der Waals surface area contributed by atoms with Gasteiger partial charge in [-0.3, -0.25) is 5.41 Å². The van der Waals surface area contributed by atoms with Crippen LogP contribution in [0.25, 0.3) is 0 Å². The number of nitrogens with zero attached hydrogens (tertiary/aromatic N) is 4. The molecule has 2 saturated heterocycles. The molecule has 0 saturated carbocycles. The van der Waals surface area contributed by atoms with E-state index in [0.717, 1.165) is 19.5 Å². The second-order valence-electron chi connectivity index (χ2n) is 5.84. The highest BCUT2D eigenvalue weighted by Gasteiger charge is 2.34. The summed E-state index contributed by atoms with van der Waals surface area (Å²) in [5.41, 5.74) is 6.02. The van der Waals surface area contributed by atoms with Crippen LogP contribution in [0.4, 0.5) is 5.95 Å². The zero-order valence-corrected chi connectivity index (χ0v) is 11.9. The lowest BCUT2D eigenvalue weighted by Gasteiger charge is -2.45. The van der Waals surface area contributed by atoms with Crippen molar-refractivity contribution in [2.24, 2.45) is 11.7 Å². The van der Waals surface area contributed by atoms with E-state index in [-0.39, 0.29) is 5.84 Å². The number of amidine groups is 1. The van der Waals surface area contributed by atoms with Crippen LogP contribution in [0.3, 0.4) is 0 Å². The number of fused-ring (bicyclic) bond motifs is 1. The average Bonchev–Trinajstić information content (AvgIpc) is 2.47. The van der Waals surface area contributed by atoms with E-state index in [2.05, 4.69) is 26.8 Å². The molecule has 0 bridgehead atoms. The zero-order valence-electron chi connectivity index (χ0n) is 11.9. The van der Waals surface area contributed by atoms with Gasteiger partial charge in [0.25, 0.3) is 0 Å². The number of nitrogens with two attached hydrogens (primary N) is 1. The number of rotatable bonds is 2. The van der Waals surface area contributed by atoms with Gasteiger partial charge >= 0.3 is 0 Å². The molecule has 0 spiro atoms. The lowest BCUT2D eigenvalue weighted by molar-refractivity contribution is 0.102. The molecule has 0 radical (unpaired) electrons. The van der Waals surface area contributed by atoms with Gasteiger partial charge < -0.3 is 15.5 Å². The van der Waals surface area contributed by atoms with Crippen molar-refractivity contribution < 1.29 is 0 Å². The number of hydrogen-bond acceptors (Lipinski definition) is 5. The summed E-state index contributed by atoms with van der Waals surface area (Å²) in [7, 11) is 2.24. The Kier molecular flexibility index (Phi) is 3.56. The molecule has 3 N–H and O–H groups in total. The summed E-state index contributed by atoms with van der Waals surface area (Å²) in [5.74, 6) is 1.41. The van der Waals surface area contributed by atoms with Gasteiger partial charge in [0.15, 0.2) is 0 Å². The first-order valence-electron chi connectivity index (χ1n) is 7.28. The van der Waals surface area contributed by atoms with Crippen LogP contribution in [0, 0.1) is 11.3 Å². The van der Waals surface area contributed by atoms with Gasteiger partial charge in [-0.1, -0.05) is 0 Å². The van der Waals surface area contributed by atoms with Crippen molar-refractivity contribution in [3.8, 4) is 0 Å².